The van der Waals surface area contributed by atoms with Crippen molar-refractivity contribution in [1.29, 1.82) is 0 Å². The minimum Gasteiger partial charge on any atom is -0.482 e. The molecule has 2 aromatic rings. The zero-order valence-corrected chi connectivity index (χ0v) is 19.3. The predicted molar refractivity (Wildman–Crippen MR) is 122 cm³/mol. The third kappa shape index (κ3) is 5.21. The van der Waals surface area contributed by atoms with Crippen LogP contribution in [0.1, 0.15) is 57.0 Å². The van der Waals surface area contributed by atoms with Crippen LogP contribution in [0.5, 0.6) is 0 Å². The molecule has 0 saturated carbocycles. The lowest BCUT2D eigenvalue weighted by Gasteiger charge is -2.16. The normalized spacial score (nSPS) is 14.0. The van der Waals surface area contributed by atoms with E-state index < -0.39 is 0 Å². The Balaban J connectivity index is 2.68. The van der Waals surface area contributed by atoms with Gasteiger partial charge in [0, 0.05) is 20.4 Å². The van der Waals surface area contributed by atoms with E-state index in [1.54, 1.807) is 14.2 Å². The molecule has 0 radical (unpaired) electrons. The van der Waals surface area contributed by atoms with Crippen LogP contribution in [0.25, 0.3) is 16.6 Å². The van der Waals surface area contributed by atoms with Crippen LogP contribution in [0.15, 0.2) is 30.3 Å². The van der Waals surface area contributed by atoms with Gasteiger partial charge in [-0.2, -0.15) is 0 Å². The van der Waals surface area contributed by atoms with Crippen LogP contribution in [-0.4, -0.2) is 37.4 Å². The van der Waals surface area contributed by atoms with E-state index in [9.17, 15) is 0 Å². The molecule has 160 valence electrons. The van der Waals surface area contributed by atoms with Gasteiger partial charge < -0.3 is 19.4 Å². The first-order valence-corrected chi connectivity index (χ1v) is 10.5. The Morgan fingerprint density at radius 2 is 2.00 bits per heavy atom. The number of hydrogen-bond acceptors (Lipinski definition) is 4. The summed E-state index contributed by atoms with van der Waals surface area (Å²) in [7, 11) is 5.31. The molecule has 0 fully saturated rings. The van der Waals surface area contributed by atoms with Crippen molar-refractivity contribution in [1.82, 2.24) is 14.9 Å². The molecule has 2 aromatic heterocycles. The van der Waals surface area contributed by atoms with Gasteiger partial charge in [0.25, 0.3) is 0 Å². The molecule has 0 unspecified atom stereocenters. The minimum absolute atomic E-state index is 0.252. The fourth-order valence-corrected chi connectivity index (χ4v) is 3.62. The van der Waals surface area contributed by atoms with E-state index in [0.717, 1.165) is 46.6 Å². The van der Waals surface area contributed by atoms with E-state index in [1.165, 1.54) is 5.56 Å². The molecule has 1 atom stereocenters. The van der Waals surface area contributed by atoms with Crippen molar-refractivity contribution >= 4 is 16.6 Å². The van der Waals surface area contributed by atoms with Gasteiger partial charge in [-0.25, -0.2) is 4.98 Å². The molecule has 0 spiro atoms. The molecule has 0 amide bonds. The number of nitrogens with zero attached hydrogens (tertiary/aromatic N) is 2. The second-order valence-corrected chi connectivity index (χ2v) is 7.97. The first-order valence-electron chi connectivity index (χ1n) is 10.5. The first kappa shape index (κ1) is 23.0. The summed E-state index contributed by atoms with van der Waals surface area (Å²) in [6.07, 6.45) is 8.50. The van der Waals surface area contributed by atoms with E-state index in [1.807, 2.05) is 7.05 Å². The molecule has 2 heterocycles. The Bertz CT molecular complexity index is 872. The molecular formula is C24H37N3O2. The summed E-state index contributed by atoms with van der Waals surface area (Å²) in [6, 6.07) is 2.49. The average molecular weight is 400 g/mol. The van der Waals surface area contributed by atoms with E-state index in [0.29, 0.717) is 12.5 Å². The van der Waals surface area contributed by atoms with Crippen LogP contribution in [0.2, 0.25) is 0 Å². The van der Waals surface area contributed by atoms with Gasteiger partial charge >= 0.3 is 0 Å². The lowest BCUT2D eigenvalue weighted by Crippen LogP contribution is -2.12. The standard InChI is InChI=1S/C24H37N3O2/c1-9-19-14-27(18(5)15-28-7)21-13-17(4)22(26-23(19)21)20(24(25-6)29-8)12-10-11-16(2)3/h10,12-14,16,18,25H,9,11,15H2,1-8H3/b12-10-,24-20-/t18-/m0/s1. The number of ether oxygens (including phenoxy) is 2. The molecule has 2 rings (SSSR count). The van der Waals surface area contributed by atoms with Crippen molar-refractivity contribution in [3.8, 4) is 0 Å². The summed E-state index contributed by atoms with van der Waals surface area (Å²) in [6.45, 7) is 11.6. The third-order valence-corrected chi connectivity index (χ3v) is 5.16. The lowest BCUT2D eigenvalue weighted by atomic mass is 10.0. The van der Waals surface area contributed by atoms with Crippen LogP contribution in [0, 0.1) is 12.8 Å². The van der Waals surface area contributed by atoms with Crippen LogP contribution in [-0.2, 0) is 15.9 Å². The van der Waals surface area contributed by atoms with Gasteiger partial charge in [-0.3, -0.25) is 0 Å². The van der Waals surface area contributed by atoms with E-state index in [2.05, 4.69) is 68.9 Å². The van der Waals surface area contributed by atoms with Crippen LogP contribution in [0.4, 0.5) is 0 Å². The second-order valence-electron chi connectivity index (χ2n) is 7.97. The maximum atomic E-state index is 5.63. The number of methoxy groups -OCH3 is 2. The monoisotopic (exact) mass is 399 g/mol. The molecular weight excluding hydrogens is 362 g/mol. The number of hydrogen-bond donors (Lipinski definition) is 1. The number of nitrogens with one attached hydrogen (secondary N) is 1. The SMILES string of the molecule is CCc1cn([C@@H](C)COC)c2cc(C)c(C(/C=C\CC(C)C)=C(/NC)OC)nc12. The van der Waals surface area contributed by atoms with Crippen LogP contribution >= 0.6 is 0 Å². The topological polar surface area (TPSA) is 48.3 Å². The number of fused-ring (bicyclic) bond motifs is 1. The smallest absolute Gasteiger partial charge is 0.195 e. The third-order valence-electron chi connectivity index (χ3n) is 5.16. The summed E-state index contributed by atoms with van der Waals surface area (Å²) in [5, 5.41) is 3.18. The highest BCUT2D eigenvalue weighted by Crippen LogP contribution is 2.30. The number of aryl methyl sites for hydroxylation is 2. The Hall–Kier alpha value is -2.27. The van der Waals surface area contributed by atoms with Crippen molar-refractivity contribution in [2.45, 2.75) is 53.5 Å². The fraction of sp³-hybridized carbons (Fsp3) is 0.542. The van der Waals surface area contributed by atoms with Crippen molar-refractivity contribution in [3.63, 3.8) is 0 Å². The van der Waals surface area contributed by atoms with Crippen molar-refractivity contribution in [2.75, 3.05) is 27.9 Å². The quantitative estimate of drug-likeness (QED) is 0.438. The molecule has 0 aliphatic rings. The zero-order valence-electron chi connectivity index (χ0n) is 19.3. The number of aromatic nitrogens is 2. The zero-order chi connectivity index (χ0) is 21.6. The number of pyridine rings is 1. The second kappa shape index (κ2) is 10.5. The molecule has 0 bridgehead atoms. The highest BCUT2D eigenvalue weighted by molar-refractivity contribution is 5.85. The van der Waals surface area contributed by atoms with Gasteiger partial charge in [-0.1, -0.05) is 32.9 Å². The summed E-state index contributed by atoms with van der Waals surface area (Å²) >= 11 is 0. The van der Waals surface area contributed by atoms with Gasteiger partial charge in [0.05, 0.1) is 42.1 Å². The molecule has 0 aliphatic carbocycles. The number of rotatable bonds is 10. The van der Waals surface area contributed by atoms with Gasteiger partial charge in [-0.15, -0.1) is 0 Å². The van der Waals surface area contributed by atoms with Gasteiger partial charge in [0.1, 0.15) is 0 Å². The van der Waals surface area contributed by atoms with E-state index >= 15 is 0 Å². The predicted octanol–water partition coefficient (Wildman–Crippen LogP) is 5.25. The molecule has 0 aromatic carbocycles. The van der Waals surface area contributed by atoms with E-state index in [-0.39, 0.29) is 6.04 Å². The summed E-state index contributed by atoms with van der Waals surface area (Å²) < 4.78 is 13.3. The number of allylic oxidation sites excluding steroid dienone is 3. The van der Waals surface area contributed by atoms with Crippen LogP contribution < -0.4 is 5.32 Å². The Kier molecular flexibility index (Phi) is 8.32. The highest BCUT2D eigenvalue weighted by Gasteiger charge is 2.18. The summed E-state index contributed by atoms with van der Waals surface area (Å²) in [5.74, 6) is 1.33. The van der Waals surface area contributed by atoms with Gasteiger partial charge in [0.2, 0.25) is 0 Å². The summed E-state index contributed by atoms with van der Waals surface area (Å²) in [5.41, 5.74) is 6.51. The Morgan fingerprint density at radius 1 is 1.28 bits per heavy atom. The largest absolute Gasteiger partial charge is 0.482 e. The lowest BCUT2D eigenvalue weighted by molar-refractivity contribution is 0.164. The maximum Gasteiger partial charge on any atom is 0.195 e. The average Bonchev–Trinajstić information content (AvgIpc) is 3.04. The fourth-order valence-electron chi connectivity index (χ4n) is 3.62. The van der Waals surface area contributed by atoms with Gasteiger partial charge in [-0.05, 0) is 49.8 Å². The van der Waals surface area contributed by atoms with E-state index in [4.69, 9.17) is 14.5 Å². The first-order chi connectivity index (χ1) is 13.9. The molecule has 5 nitrogen and oxygen atoms in total. The molecule has 0 aliphatic heterocycles. The Labute approximate surface area is 175 Å². The Morgan fingerprint density at radius 3 is 2.55 bits per heavy atom. The summed E-state index contributed by atoms with van der Waals surface area (Å²) in [4.78, 5) is 5.13. The molecule has 1 N–H and O–H groups in total. The van der Waals surface area contributed by atoms with Crippen molar-refractivity contribution in [2.24, 2.45) is 5.92 Å². The van der Waals surface area contributed by atoms with Crippen LogP contribution in [0.3, 0.4) is 0 Å². The minimum atomic E-state index is 0.252. The van der Waals surface area contributed by atoms with Gasteiger partial charge in [0.15, 0.2) is 5.88 Å². The van der Waals surface area contributed by atoms with Crippen molar-refractivity contribution < 1.29 is 9.47 Å². The van der Waals surface area contributed by atoms with Crippen molar-refractivity contribution in [3.05, 3.63) is 47.1 Å². The maximum absolute atomic E-state index is 5.63. The molecule has 0 saturated heterocycles. The molecule has 5 heteroatoms. The highest BCUT2D eigenvalue weighted by atomic mass is 16.5. The molecule has 29 heavy (non-hydrogen) atoms.